The summed E-state index contributed by atoms with van der Waals surface area (Å²) in [7, 11) is 1.65. The van der Waals surface area contributed by atoms with Gasteiger partial charge in [0.15, 0.2) is 0 Å². The van der Waals surface area contributed by atoms with Gasteiger partial charge in [0.2, 0.25) is 0 Å². The maximum atomic E-state index is 10.8. The molecule has 0 aliphatic carbocycles. The number of benzene rings is 4. The number of carbonyl (C=O) groups is 1. The minimum Gasteiger partial charge on any atom is -0.497 e. The smallest absolute Gasteiger partial charge is 0.303 e. The largest absolute Gasteiger partial charge is 0.497 e. The minimum absolute atomic E-state index is 0.103. The van der Waals surface area contributed by atoms with Crippen LogP contribution in [-0.2, 0) is 11.2 Å². The Morgan fingerprint density at radius 1 is 0.903 bits per heavy atom. The lowest BCUT2D eigenvalue weighted by Crippen LogP contribution is -1.97. The third-order valence-electron chi connectivity index (χ3n) is 5.10. The first kappa shape index (κ1) is 20.8. The number of hydrogen-bond donors (Lipinski definition) is 1. The van der Waals surface area contributed by atoms with E-state index in [-0.39, 0.29) is 6.42 Å². The number of ether oxygens (including phenoxy) is 2. The van der Waals surface area contributed by atoms with Crippen LogP contribution in [0.2, 0.25) is 5.02 Å². The zero-order valence-corrected chi connectivity index (χ0v) is 17.7. The van der Waals surface area contributed by atoms with Gasteiger partial charge in [-0.25, -0.2) is 0 Å². The molecule has 0 bridgehead atoms. The van der Waals surface area contributed by atoms with Crippen LogP contribution in [0.25, 0.3) is 21.9 Å². The molecule has 0 aliphatic heterocycles. The summed E-state index contributed by atoms with van der Waals surface area (Å²) in [6, 6.07) is 25.1. The molecule has 31 heavy (non-hydrogen) atoms. The number of methoxy groups -OCH3 is 1. The van der Waals surface area contributed by atoms with Crippen LogP contribution in [0, 0.1) is 0 Å². The van der Waals surface area contributed by atoms with E-state index in [9.17, 15) is 4.79 Å². The molecule has 0 aliphatic rings. The summed E-state index contributed by atoms with van der Waals surface area (Å²) < 4.78 is 11.7. The number of aryl methyl sites for hydroxylation is 1. The third-order valence-corrected chi connectivity index (χ3v) is 5.36. The first-order valence-corrected chi connectivity index (χ1v) is 10.3. The van der Waals surface area contributed by atoms with Gasteiger partial charge in [-0.2, -0.15) is 0 Å². The van der Waals surface area contributed by atoms with Gasteiger partial charge in [-0.15, -0.1) is 0 Å². The van der Waals surface area contributed by atoms with Gasteiger partial charge in [0.25, 0.3) is 0 Å². The molecule has 4 aromatic rings. The fourth-order valence-corrected chi connectivity index (χ4v) is 3.59. The molecule has 4 rings (SSSR count). The molecule has 0 radical (unpaired) electrons. The fourth-order valence-electron chi connectivity index (χ4n) is 3.47. The van der Waals surface area contributed by atoms with Gasteiger partial charge in [-0.05, 0) is 71.5 Å². The van der Waals surface area contributed by atoms with E-state index in [0.717, 1.165) is 39.0 Å². The van der Waals surface area contributed by atoms with Crippen molar-refractivity contribution in [3.63, 3.8) is 0 Å². The maximum Gasteiger partial charge on any atom is 0.303 e. The molecule has 0 unspecified atom stereocenters. The molecule has 156 valence electrons. The monoisotopic (exact) mass is 432 g/mol. The van der Waals surface area contributed by atoms with Crippen molar-refractivity contribution in [2.45, 2.75) is 12.8 Å². The average Bonchev–Trinajstić information content (AvgIpc) is 2.79. The topological polar surface area (TPSA) is 55.8 Å². The second-order valence-electron chi connectivity index (χ2n) is 7.18. The quantitative estimate of drug-likeness (QED) is 0.342. The molecule has 0 saturated heterocycles. The highest BCUT2D eigenvalue weighted by molar-refractivity contribution is 6.30. The summed E-state index contributed by atoms with van der Waals surface area (Å²) in [6.07, 6.45) is 0.589. The lowest BCUT2D eigenvalue weighted by molar-refractivity contribution is -0.136. The highest BCUT2D eigenvalue weighted by Crippen LogP contribution is 2.40. The van der Waals surface area contributed by atoms with E-state index in [1.807, 2.05) is 78.9 Å². The zero-order valence-electron chi connectivity index (χ0n) is 17.0. The predicted molar refractivity (Wildman–Crippen MR) is 123 cm³/mol. The van der Waals surface area contributed by atoms with Crippen molar-refractivity contribution in [2.75, 3.05) is 7.11 Å². The van der Waals surface area contributed by atoms with E-state index < -0.39 is 5.97 Å². The van der Waals surface area contributed by atoms with E-state index in [1.165, 1.54) is 0 Å². The molecule has 4 nitrogen and oxygen atoms in total. The number of rotatable bonds is 7. The summed E-state index contributed by atoms with van der Waals surface area (Å²) in [6.45, 7) is 0. The zero-order chi connectivity index (χ0) is 21.8. The van der Waals surface area contributed by atoms with E-state index in [2.05, 4.69) is 0 Å². The van der Waals surface area contributed by atoms with Gasteiger partial charge in [0.05, 0.1) is 7.11 Å². The van der Waals surface area contributed by atoms with Crippen LogP contribution in [0.3, 0.4) is 0 Å². The van der Waals surface area contributed by atoms with E-state index in [1.54, 1.807) is 7.11 Å². The van der Waals surface area contributed by atoms with Gasteiger partial charge in [0.1, 0.15) is 17.2 Å². The van der Waals surface area contributed by atoms with Crippen LogP contribution in [0.1, 0.15) is 12.0 Å². The first-order chi connectivity index (χ1) is 15.0. The van der Waals surface area contributed by atoms with Crippen LogP contribution < -0.4 is 9.47 Å². The van der Waals surface area contributed by atoms with Crippen molar-refractivity contribution < 1.29 is 19.4 Å². The summed E-state index contributed by atoms with van der Waals surface area (Å²) >= 11 is 6.08. The Labute approximate surface area is 185 Å². The van der Waals surface area contributed by atoms with E-state index in [4.69, 9.17) is 26.2 Å². The minimum atomic E-state index is -0.806. The number of hydrogen-bond acceptors (Lipinski definition) is 3. The van der Waals surface area contributed by atoms with Crippen molar-refractivity contribution in [3.05, 3.63) is 89.4 Å². The molecule has 0 saturated carbocycles. The number of carboxylic acids is 1. The van der Waals surface area contributed by atoms with Crippen LogP contribution >= 0.6 is 11.6 Å². The van der Waals surface area contributed by atoms with Gasteiger partial charge in [0, 0.05) is 22.4 Å². The second-order valence-corrected chi connectivity index (χ2v) is 7.61. The van der Waals surface area contributed by atoms with Crippen LogP contribution in [0.4, 0.5) is 0 Å². The summed E-state index contributed by atoms with van der Waals surface area (Å²) in [5.41, 5.74) is 2.90. The highest BCUT2D eigenvalue weighted by Gasteiger charge is 2.13. The molecule has 0 fully saturated rings. The number of carboxylic acid groups (broad SMARTS) is 1. The van der Waals surface area contributed by atoms with Crippen molar-refractivity contribution >= 4 is 28.3 Å². The molecule has 5 heteroatoms. The van der Waals surface area contributed by atoms with Gasteiger partial charge in [-0.3, -0.25) is 4.79 Å². The lowest BCUT2D eigenvalue weighted by Gasteiger charge is -2.16. The third kappa shape index (κ3) is 4.81. The van der Waals surface area contributed by atoms with Crippen LogP contribution in [-0.4, -0.2) is 18.2 Å². The summed E-state index contributed by atoms with van der Waals surface area (Å²) in [4.78, 5) is 10.8. The van der Waals surface area contributed by atoms with Crippen LogP contribution in [0.15, 0.2) is 78.9 Å². The van der Waals surface area contributed by atoms with Crippen molar-refractivity contribution in [2.24, 2.45) is 0 Å². The van der Waals surface area contributed by atoms with Gasteiger partial charge in [-0.1, -0.05) is 41.9 Å². The normalized spacial score (nSPS) is 10.8. The average molecular weight is 433 g/mol. The van der Waals surface area contributed by atoms with Gasteiger partial charge >= 0.3 is 5.97 Å². The molecule has 1 N–H and O–H groups in total. The number of halogens is 1. The Morgan fingerprint density at radius 3 is 2.29 bits per heavy atom. The van der Waals surface area contributed by atoms with E-state index in [0.29, 0.717) is 17.2 Å². The molecule has 0 spiro atoms. The number of fused-ring (bicyclic) bond motifs is 1. The Morgan fingerprint density at radius 2 is 1.61 bits per heavy atom. The first-order valence-electron chi connectivity index (χ1n) is 9.89. The Balaban J connectivity index is 1.75. The van der Waals surface area contributed by atoms with Gasteiger partial charge < -0.3 is 14.6 Å². The number of aliphatic carboxylic acids is 1. The summed E-state index contributed by atoms with van der Waals surface area (Å²) in [5, 5.41) is 11.5. The van der Waals surface area contributed by atoms with Crippen molar-refractivity contribution in [3.8, 4) is 28.4 Å². The van der Waals surface area contributed by atoms with Crippen LogP contribution in [0.5, 0.6) is 17.2 Å². The fraction of sp³-hybridized carbons (Fsp3) is 0.115. The highest BCUT2D eigenvalue weighted by atomic mass is 35.5. The molecule has 4 aromatic carbocycles. The van der Waals surface area contributed by atoms with Crippen molar-refractivity contribution in [1.82, 2.24) is 0 Å². The Kier molecular flexibility index (Phi) is 6.10. The second kappa shape index (κ2) is 9.11. The predicted octanol–water partition coefficient (Wildman–Crippen LogP) is 6.98. The molecule has 0 aromatic heterocycles. The molecule has 0 atom stereocenters. The molecular weight excluding hydrogens is 412 g/mol. The molecule has 0 heterocycles. The summed E-state index contributed by atoms with van der Waals surface area (Å²) in [5.74, 6) is 1.39. The Hall–Kier alpha value is -3.50. The molecule has 0 amide bonds. The lowest BCUT2D eigenvalue weighted by atomic mass is 9.99. The Bertz CT molecular complexity index is 1210. The molecular formula is C26H21ClO4. The maximum absolute atomic E-state index is 10.8. The van der Waals surface area contributed by atoms with Crippen molar-refractivity contribution in [1.29, 1.82) is 0 Å². The van der Waals surface area contributed by atoms with E-state index >= 15 is 0 Å². The standard InChI is InChI=1S/C26H21ClO4/c1-30-22-12-14-24-19(16-22)7-13-23(18-5-8-20(27)9-6-18)26(24)31-21-10-2-17(3-11-21)4-15-25(28)29/h2-3,5-14,16H,4,15H2,1H3,(H,28,29). The SMILES string of the molecule is COc1ccc2c(Oc3ccc(CCC(=O)O)cc3)c(-c3ccc(Cl)cc3)ccc2c1.